The van der Waals surface area contributed by atoms with Crippen LogP contribution in [0.3, 0.4) is 0 Å². The van der Waals surface area contributed by atoms with E-state index in [4.69, 9.17) is 12.2 Å². The maximum absolute atomic E-state index is 12.4. The minimum absolute atomic E-state index is 0.0851. The van der Waals surface area contributed by atoms with Crippen LogP contribution in [0, 0.1) is 4.77 Å². The number of imidazole rings is 1. The lowest BCUT2D eigenvalue weighted by atomic mass is 10.1. The second kappa shape index (κ2) is 8.27. The van der Waals surface area contributed by atoms with Gasteiger partial charge in [0.05, 0.1) is 16.9 Å². The van der Waals surface area contributed by atoms with Crippen LogP contribution in [0.1, 0.15) is 13.8 Å². The quantitative estimate of drug-likeness (QED) is 0.444. The Balaban J connectivity index is 0.00000109. The van der Waals surface area contributed by atoms with Crippen molar-refractivity contribution in [1.29, 1.82) is 0 Å². The van der Waals surface area contributed by atoms with E-state index in [1.54, 1.807) is 29.8 Å². The van der Waals surface area contributed by atoms with E-state index in [1.165, 1.54) is 0 Å². The zero-order chi connectivity index (χ0) is 20.3. The maximum atomic E-state index is 12.4. The number of aromatic amines is 1. The Bertz CT molecular complexity index is 1150. The molecule has 4 rings (SSSR count). The molecule has 2 aromatic heterocycles. The van der Waals surface area contributed by atoms with Gasteiger partial charge in [0, 0.05) is 37.4 Å². The minimum atomic E-state index is -0.0851. The van der Waals surface area contributed by atoms with Crippen molar-refractivity contribution in [2.75, 3.05) is 14.1 Å². The molecule has 1 amide bonds. The average molecular weight is 393 g/mol. The van der Waals surface area contributed by atoms with Gasteiger partial charge in [-0.2, -0.15) is 0 Å². The first kappa shape index (κ1) is 19.6. The van der Waals surface area contributed by atoms with Crippen LogP contribution < -0.4 is 0 Å². The van der Waals surface area contributed by atoms with Gasteiger partial charge in [-0.15, -0.1) is 0 Å². The minimum Gasteiger partial charge on any atom is -0.336 e. The third-order valence-corrected chi connectivity index (χ3v) is 4.69. The number of nitrogens with zero attached hydrogens (tertiary/aromatic N) is 3. The Morgan fingerprint density at radius 2 is 1.71 bits per heavy atom. The molecule has 0 spiro atoms. The van der Waals surface area contributed by atoms with Gasteiger partial charge in [0.15, 0.2) is 4.77 Å². The van der Waals surface area contributed by atoms with E-state index in [9.17, 15) is 4.79 Å². The SMILES string of the molecule is CC.CN(C)C(=O)n1ccc2c(-n3c(-c4ccccc4)c[nH]c3=S)cccc21. The lowest BCUT2D eigenvalue weighted by Gasteiger charge is -2.13. The number of rotatable bonds is 2. The second-order valence-electron chi connectivity index (χ2n) is 6.25. The van der Waals surface area contributed by atoms with Gasteiger partial charge in [0.1, 0.15) is 0 Å². The Morgan fingerprint density at radius 3 is 2.39 bits per heavy atom. The van der Waals surface area contributed by atoms with Gasteiger partial charge < -0.3 is 9.88 Å². The summed E-state index contributed by atoms with van der Waals surface area (Å²) in [6.45, 7) is 4.00. The molecule has 0 radical (unpaired) electrons. The molecule has 0 aliphatic heterocycles. The number of benzene rings is 2. The van der Waals surface area contributed by atoms with E-state index in [1.807, 2.05) is 67.1 Å². The lowest BCUT2D eigenvalue weighted by Crippen LogP contribution is -2.26. The van der Waals surface area contributed by atoms with E-state index in [0.717, 1.165) is 27.8 Å². The first-order chi connectivity index (χ1) is 13.6. The summed E-state index contributed by atoms with van der Waals surface area (Å²) in [7, 11) is 3.49. The van der Waals surface area contributed by atoms with Gasteiger partial charge >= 0.3 is 6.03 Å². The summed E-state index contributed by atoms with van der Waals surface area (Å²) in [6, 6.07) is 17.9. The highest BCUT2D eigenvalue weighted by Gasteiger charge is 2.16. The van der Waals surface area contributed by atoms with Crippen molar-refractivity contribution in [1.82, 2.24) is 19.0 Å². The maximum Gasteiger partial charge on any atom is 0.328 e. The van der Waals surface area contributed by atoms with E-state index in [-0.39, 0.29) is 6.03 Å². The monoisotopic (exact) mass is 392 g/mol. The Labute approximate surface area is 169 Å². The van der Waals surface area contributed by atoms with Crippen LogP contribution in [-0.2, 0) is 0 Å². The Hall–Kier alpha value is -3.12. The first-order valence-corrected chi connectivity index (χ1v) is 9.66. The number of hydrogen-bond acceptors (Lipinski definition) is 2. The number of fused-ring (bicyclic) bond motifs is 1. The zero-order valence-electron chi connectivity index (χ0n) is 16.5. The number of carbonyl (C=O) groups excluding carboxylic acids is 1. The molecule has 144 valence electrons. The van der Waals surface area contributed by atoms with Gasteiger partial charge in [0.2, 0.25) is 0 Å². The second-order valence-corrected chi connectivity index (χ2v) is 6.64. The largest absolute Gasteiger partial charge is 0.336 e. The van der Waals surface area contributed by atoms with Gasteiger partial charge in [-0.1, -0.05) is 50.2 Å². The zero-order valence-corrected chi connectivity index (χ0v) is 17.3. The molecule has 1 N–H and O–H groups in total. The number of aromatic nitrogens is 3. The van der Waals surface area contributed by atoms with Gasteiger partial charge in [-0.25, -0.2) is 4.79 Å². The fourth-order valence-electron chi connectivity index (χ4n) is 3.16. The van der Waals surface area contributed by atoms with Crippen molar-refractivity contribution < 1.29 is 4.79 Å². The van der Waals surface area contributed by atoms with Crippen molar-refractivity contribution in [2.45, 2.75) is 13.8 Å². The van der Waals surface area contributed by atoms with E-state index in [0.29, 0.717) is 4.77 Å². The number of hydrogen-bond donors (Lipinski definition) is 1. The van der Waals surface area contributed by atoms with Crippen LogP contribution in [0.4, 0.5) is 4.79 Å². The van der Waals surface area contributed by atoms with Crippen molar-refractivity contribution in [3.8, 4) is 16.9 Å². The molecule has 5 nitrogen and oxygen atoms in total. The number of amides is 1. The molecule has 28 heavy (non-hydrogen) atoms. The Kier molecular flexibility index (Phi) is 5.80. The van der Waals surface area contributed by atoms with Crippen molar-refractivity contribution >= 4 is 29.2 Å². The van der Waals surface area contributed by atoms with E-state index < -0.39 is 0 Å². The van der Waals surface area contributed by atoms with Crippen LogP contribution in [0.15, 0.2) is 67.0 Å². The molecule has 0 unspecified atom stereocenters. The molecule has 0 saturated heterocycles. The summed E-state index contributed by atoms with van der Waals surface area (Å²) in [5.41, 5.74) is 3.84. The highest BCUT2D eigenvalue weighted by atomic mass is 32.1. The van der Waals surface area contributed by atoms with E-state index >= 15 is 0 Å². The molecule has 0 atom stereocenters. The summed E-state index contributed by atoms with van der Waals surface area (Å²) < 4.78 is 4.28. The van der Waals surface area contributed by atoms with Crippen molar-refractivity contribution in [2.24, 2.45) is 0 Å². The normalized spacial score (nSPS) is 10.4. The van der Waals surface area contributed by atoms with Crippen molar-refractivity contribution in [3.63, 3.8) is 0 Å². The highest BCUT2D eigenvalue weighted by molar-refractivity contribution is 7.71. The molecular formula is C22H24N4OS. The molecule has 2 aromatic carbocycles. The van der Waals surface area contributed by atoms with Crippen molar-refractivity contribution in [3.05, 3.63) is 71.8 Å². The molecule has 0 bridgehead atoms. The van der Waals surface area contributed by atoms with Crippen LogP contribution in [0.2, 0.25) is 0 Å². The van der Waals surface area contributed by atoms with E-state index in [2.05, 4.69) is 17.1 Å². The predicted octanol–water partition coefficient (Wildman–Crippen LogP) is 5.71. The number of nitrogens with one attached hydrogen (secondary N) is 1. The molecule has 0 aliphatic carbocycles. The smallest absolute Gasteiger partial charge is 0.328 e. The predicted molar refractivity (Wildman–Crippen MR) is 118 cm³/mol. The van der Waals surface area contributed by atoms with Gasteiger partial charge in [-0.05, 0) is 30.4 Å². The highest BCUT2D eigenvalue weighted by Crippen LogP contribution is 2.29. The third-order valence-electron chi connectivity index (χ3n) is 4.39. The van der Waals surface area contributed by atoms with Crippen LogP contribution in [0.5, 0.6) is 0 Å². The molecule has 4 aromatic rings. The van der Waals surface area contributed by atoms with Crippen LogP contribution in [0.25, 0.3) is 27.8 Å². The van der Waals surface area contributed by atoms with Crippen LogP contribution >= 0.6 is 12.2 Å². The number of H-pyrrole nitrogens is 1. The van der Waals surface area contributed by atoms with Gasteiger partial charge in [0.25, 0.3) is 0 Å². The lowest BCUT2D eigenvalue weighted by molar-refractivity contribution is 0.220. The number of carbonyl (C=O) groups is 1. The summed E-state index contributed by atoms with van der Waals surface area (Å²) >= 11 is 5.54. The summed E-state index contributed by atoms with van der Waals surface area (Å²) in [5.74, 6) is 0. The van der Waals surface area contributed by atoms with Gasteiger partial charge in [-0.3, -0.25) is 9.13 Å². The fraction of sp³-hybridized carbons (Fsp3) is 0.182. The molecule has 2 heterocycles. The molecule has 0 saturated carbocycles. The first-order valence-electron chi connectivity index (χ1n) is 9.26. The standard InChI is InChI=1S/C20H18N4OS.C2H6/c1-22(2)20(25)23-12-11-15-16(23)9-6-10-17(15)24-18(13-21-19(24)26)14-7-4-3-5-8-14;1-2/h3-13H,1-2H3,(H,21,26);1-2H3. The topological polar surface area (TPSA) is 46.0 Å². The molecule has 0 aliphatic rings. The van der Waals surface area contributed by atoms with Crippen LogP contribution in [-0.4, -0.2) is 39.1 Å². The Morgan fingerprint density at radius 1 is 1.00 bits per heavy atom. The average Bonchev–Trinajstić information content (AvgIpc) is 3.33. The molecule has 6 heteroatoms. The fourth-order valence-corrected chi connectivity index (χ4v) is 3.41. The summed E-state index contributed by atoms with van der Waals surface area (Å²) in [5, 5.41) is 0.968. The third kappa shape index (κ3) is 3.39. The summed E-state index contributed by atoms with van der Waals surface area (Å²) in [4.78, 5) is 17.1. The molecule has 0 fully saturated rings. The summed E-state index contributed by atoms with van der Waals surface area (Å²) in [6.07, 6.45) is 3.72. The molecular weight excluding hydrogens is 368 g/mol.